The third-order valence-corrected chi connectivity index (χ3v) is 4.41. The second-order valence-electron chi connectivity index (χ2n) is 6.43. The van der Waals surface area contributed by atoms with Crippen molar-refractivity contribution < 1.29 is 24.1 Å². The van der Waals surface area contributed by atoms with Gasteiger partial charge < -0.3 is 24.2 Å². The van der Waals surface area contributed by atoms with Crippen molar-refractivity contribution >= 4 is 6.09 Å². The molecule has 1 fully saturated rings. The summed E-state index contributed by atoms with van der Waals surface area (Å²) >= 11 is 0. The summed E-state index contributed by atoms with van der Waals surface area (Å²) in [5, 5.41) is 10.3. The van der Waals surface area contributed by atoms with Crippen LogP contribution in [0.5, 0.6) is 11.5 Å². The maximum absolute atomic E-state index is 11.7. The van der Waals surface area contributed by atoms with Gasteiger partial charge >= 0.3 is 6.09 Å². The van der Waals surface area contributed by atoms with E-state index in [9.17, 15) is 9.90 Å². The van der Waals surface area contributed by atoms with E-state index >= 15 is 0 Å². The topological polar surface area (TPSA) is 71.5 Å². The first-order valence-electron chi connectivity index (χ1n) is 9.30. The molecule has 0 unspecified atom stereocenters. The average molecular weight is 378 g/mol. The molecule has 0 radical (unpaired) electrons. The van der Waals surface area contributed by atoms with E-state index in [-0.39, 0.29) is 12.7 Å². The Balaban J connectivity index is 1.77. The lowest BCUT2D eigenvalue weighted by molar-refractivity contribution is 0.0403. The van der Waals surface area contributed by atoms with Crippen LogP contribution in [0, 0.1) is 0 Å². The molecular weight excluding hydrogens is 348 g/mol. The predicted molar refractivity (Wildman–Crippen MR) is 103 cm³/mol. The Morgan fingerprint density at radius 1 is 1.30 bits per heavy atom. The van der Waals surface area contributed by atoms with Crippen molar-refractivity contribution in [3.05, 3.63) is 36.4 Å². The number of β-amino-alcohol motifs (C(OH)–C–C–N with tert-alkyl or cyclic N) is 1. The van der Waals surface area contributed by atoms with E-state index in [0.29, 0.717) is 50.8 Å². The SMILES string of the molecule is C=CCc1ccc(OC[C@H](O)CN2CCN(C(=O)OCC)CC2)c(OC)c1. The third-order valence-electron chi connectivity index (χ3n) is 4.41. The Morgan fingerprint density at radius 2 is 2.04 bits per heavy atom. The molecule has 0 spiro atoms. The van der Waals surface area contributed by atoms with Crippen LogP contribution in [0.3, 0.4) is 0 Å². The molecule has 150 valence electrons. The Morgan fingerprint density at radius 3 is 2.67 bits per heavy atom. The molecule has 1 saturated heterocycles. The minimum atomic E-state index is -0.628. The minimum absolute atomic E-state index is 0.176. The number of amides is 1. The van der Waals surface area contributed by atoms with Gasteiger partial charge in [0.15, 0.2) is 11.5 Å². The first-order chi connectivity index (χ1) is 13.1. The normalized spacial score (nSPS) is 15.9. The summed E-state index contributed by atoms with van der Waals surface area (Å²) in [5.41, 5.74) is 1.09. The molecule has 0 saturated carbocycles. The van der Waals surface area contributed by atoms with E-state index in [0.717, 1.165) is 12.0 Å². The number of carbonyl (C=O) groups is 1. The third kappa shape index (κ3) is 6.45. The van der Waals surface area contributed by atoms with E-state index in [1.165, 1.54) is 0 Å². The lowest BCUT2D eigenvalue weighted by Crippen LogP contribution is -2.51. The summed E-state index contributed by atoms with van der Waals surface area (Å²) in [6, 6.07) is 5.72. The number of hydrogen-bond donors (Lipinski definition) is 1. The van der Waals surface area contributed by atoms with Gasteiger partial charge in [0.05, 0.1) is 13.7 Å². The molecule has 1 aliphatic heterocycles. The Hall–Kier alpha value is -2.25. The van der Waals surface area contributed by atoms with Gasteiger partial charge in [-0.1, -0.05) is 12.1 Å². The van der Waals surface area contributed by atoms with Crippen LogP contribution in [0.2, 0.25) is 0 Å². The molecule has 1 N–H and O–H groups in total. The van der Waals surface area contributed by atoms with Gasteiger partial charge in [-0.15, -0.1) is 6.58 Å². The summed E-state index contributed by atoms with van der Waals surface area (Å²) in [6.45, 7) is 9.20. The monoisotopic (exact) mass is 378 g/mol. The molecule has 0 bridgehead atoms. The lowest BCUT2D eigenvalue weighted by atomic mass is 10.1. The van der Waals surface area contributed by atoms with Gasteiger partial charge in [-0.25, -0.2) is 4.79 Å². The zero-order chi connectivity index (χ0) is 19.6. The fraction of sp³-hybridized carbons (Fsp3) is 0.550. The average Bonchev–Trinajstić information content (AvgIpc) is 2.68. The molecule has 2 rings (SSSR count). The van der Waals surface area contributed by atoms with Gasteiger partial charge in [-0.05, 0) is 31.0 Å². The van der Waals surface area contributed by atoms with Crippen molar-refractivity contribution in [2.24, 2.45) is 0 Å². The zero-order valence-corrected chi connectivity index (χ0v) is 16.2. The van der Waals surface area contributed by atoms with Gasteiger partial charge in [0.1, 0.15) is 12.7 Å². The quantitative estimate of drug-likeness (QED) is 0.662. The van der Waals surface area contributed by atoms with Crippen LogP contribution in [0.1, 0.15) is 12.5 Å². The van der Waals surface area contributed by atoms with Crippen LogP contribution < -0.4 is 9.47 Å². The zero-order valence-electron chi connectivity index (χ0n) is 16.2. The van der Waals surface area contributed by atoms with E-state index in [2.05, 4.69) is 11.5 Å². The fourth-order valence-electron chi connectivity index (χ4n) is 2.99. The van der Waals surface area contributed by atoms with E-state index in [4.69, 9.17) is 14.2 Å². The largest absolute Gasteiger partial charge is 0.493 e. The Labute approximate surface area is 161 Å². The second kappa shape index (κ2) is 10.8. The fourth-order valence-corrected chi connectivity index (χ4v) is 2.99. The lowest BCUT2D eigenvalue weighted by Gasteiger charge is -2.34. The summed E-state index contributed by atoms with van der Waals surface area (Å²) in [4.78, 5) is 15.5. The van der Waals surface area contributed by atoms with Gasteiger partial charge in [0.25, 0.3) is 0 Å². The summed E-state index contributed by atoms with van der Waals surface area (Å²) in [7, 11) is 1.60. The van der Waals surface area contributed by atoms with Gasteiger partial charge in [0.2, 0.25) is 0 Å². The summed E-state index contributed by atoms with van der Waals surface area (Å²) < 4.78 is 16.1. The smallest absolute Gasteiger partial charge is 0.409 e. The number of aliphatic hydroxyl groups is 1. The van der Waals surface area contributed by atoms with E-state index in [1.54, 1.807) is 18.9 Å². The van der Waals surface area contributed by atoms with Crippen LogP contribution in [0.25, 0.3) is 0 Å². The molecule has 1 atom stereocenters. The number of carbonyl (C=O) groups excluding carboxylic acids is 1. The number of hydrogen-bond acceptors (Lipinski definition) is 6. The van der Waals surface area contributed by atoms with Crippen molar-refractivity contribution in [3.8, 4) is 11.5 Å². The van der Waals surface area contributed by atoms with Crippen molar-refractivity contribution in [2.75, 3.05) is 53.0 Å². The molecule has 1 heterocycles. The number of piperazine rings is 1. The van der Waals surface area contributed by atoms with Gasteiger partial charge in [0, 0.05) is 32.7 Å². The van der Waals surface area contributed by atoms with Crippen LogP contribution in [-0.4, -0.2) is 80.2 Å². The van der Waals surface area contributed by atoms with E-state index in [1.807, 2.05) is 24.3 Å². The van der Waals surface area contributed by atoms with E-state index < -0.39 is 6.10 Å². The number of nitrogens with zero attached hydrogens (tertiary/aromatic N) is 2. The predicted octanol–water partition coefficient (Wildman–Crippen LogP) is 1.94. The number of benzene rings is 1. The van der Waals surface area contributed by atoms with Crippen molar-refractivity contribution in [2.45, 2.75) is 19.4 Å². The number of allylic oxidation sites excluding steroid dienone is 1. The summed E-state index contributed by atoms with van der Waals surface area (Å²) in [6.07, 6.45) is 1.70. The number of rotatable bonds is 9. The van der Waals surface area contributed by atoms with Gasteiger partial charge in [-0.2, -0.15) is 0 Å². The van der Waals surface area contributed by atoms with Crippen LogP contribution in [0.4, 0.5) is 4.79 Å². The molecule has 1 amide bonds. The second-order valence-corrected chi connectivity index (χ2v) is 6.43. The number of aliphatic hydroxyl groups excluding tert-OH is 1. The molecule has 1 aliphatic rings. The number of ether oxygens (including phenoxy) is 3. The highest BCUT2D eigenvalue weighted by Crippen LogP contribution is 2.28. The molecular formula is C20H30N2O5. The molecule has 0 aromatic heterocycles. The number of methoxy groups -OCH3 is 1. The van der Waals surface area contributed by atoms with Crippen molar-refractivity contribution in [1.29, 1.82) is 0 Å². The van der Waals surface area contributed by atoms with Crippen molar-refractivity contribution in [1.82, 2.24) is 9.80 Å². The Kier molecular flexibility index (Phi) is 8.42. The maximum atomic E-state index is 11.7. The highest BCUT2D eigenvalue weighted by Gasteiger charge is 2.23. The van der Waals surface area contributed by atoms with Crippen LogP contribution in [-0.2, 0) is 11.2 Å². The molecule has 7 heteroatoms. The molecule has 1 aromatic rings. The first kappa shape index (κ1) is 21.1. The highest BCUT2D eigenvalue weighted by molar-refractivity contribution is 5.67. The summed E-state index contributed by atoms with van der Waals surface area (Å²) in [5.74, 6) is 1.25. The first-order valence-corrected chi connectivity index (χ1v) is 9.30. The van der Waals surface area contributed by atoms with Crippen LogP contribution >= 0.6 is 0 Å². The van der Waals surface area contributed by atoms with Crippen molar-refractivity contribution in [3.63, 3.8) is 0 Å². The maximum Gasteiger partial charge on any atom is 0.409 e. The molecule has 0 aliphatic carbocycles. The molecule has 1 aromatic carbocycles. The Bertz CT molecular complexity index is 614. The van der Waals surface area contributed by atoms with Crippen LogP contribution in [0.15, 0.2) is 30.9 Å². The molecule has 7 nitrogen and oxygen atoms in total. The van der Waals surface area contributed by atoms with Gasteiger partial charge in [-0.3, -0.25) is 4.90 Å². The standard InChI is InChI=1S/C20H30N2O5/c1-4-6-16-7-8-18(19(13-16)25-3)27-15-17(23)14-21-9-11-22(12-10-21)20(24)26-5-2/h4,7-8,13,17,23H,1,5-6,9-12,14-15H2,2-3H3/t17-/m1/s1. The highest BCUT2D eigenvalue weighted by atomic mass is 16.6. The molecule has 27 heavy (non-hydrogen) atoms. The minimum Gasteiger partial charge on any atom is -0.493 e.